The van der Waals surface area contributed by atoms with Crippen LogP contribution in [0.1, 0.15) is 13.8 Å². The van der Waals surface area contributed by atoms with E-state index in [1.807, 2.05) is 0 Å². The van der Waals surface area contributed by atoms with E-state index >= 15 is 0 Å². The normalized spacial score (nSPS) is 14.7. The molecule has 0 radical (unpaired) electrons. The van der Waals surface area contributed by atoms with Crippen molar-refractivity contribution in [2.75, 3.05) is 0 Å². The highest BCUT2D eigenvalue weighted by atomic mass is 16.2. The van der Waals surface area contributed by atoms with Gasteiger partial charge in [-0.05, 0) is 5.92 Å². The van der Waals surface area contributed by atoms with Crippen LogP contribution in [0.3, 0.4) is 0 Å². The third kappa shape index (κ3) is 1.73. The maximum Gasteiger partial charge on any atom is 0.236 e. The second-order valence-corrected chi connectivity index (χ2v) is 3.69. The van der Waals surface area contributed by atoms with Gasteiger partial charge >= 0.3 is 0 Å². The van der Waals surface area contributed by atoms with E-state index in [4.69, 9.17) is 15.8 Å². The maximum absolute atomic E-state index is 11.7. The van der Waals surface area contributed by atoms with Gasteiger partial charge in [-0.25, -0.2) is 0 Å². The standard InChI is InChI=1S/C12H7N3O2/c1-6(2)9-8(5-15)10(7(3-13)4-14)12(17)11(9)16/h6H,1-2H3. The Kier molecular flexibility index (Phi) is 3.22. The topological polar surface area (TPSA) is 106 Å². The highest BCUT2D eigenvalue weighted by Crippen LogP contribution is 2.32. The molecular formula is C12H7N3O2. The molecule has 0 unspecified atom stereocenters. The van der Waals surface area contributed by atoms with E-state index in [0.29, 0.717) is 0 Å². The molecule has 0 saturated carbocycles. The molecule has 17 heavy (non-hydrogen) atoms. The smallest absolute Gasteiger partial charge is 0.236 e. The lowest BCUT2D eigenvalue weighted by Gasteiger charge is -2.02. The molecular weight excluding hydrogens is 218 g/mol. The molecule has 0 amide bonds. The van der Waals surface area contributed by atoms with Crippen molar-refractivity contribution >= 4 is 11.6 Å². The van der Waals surface area contributed by atoms with Crippen LogP contribution >= 0.6 is 0 Å². The molecule has 0 heterocycles. The Labute approximate surface area is 97.9 Å². The van der Waals surface area contributed by atoms with Crippen molar-refractivity contribution in [2.45, 2.75) is 13.8 Å². The SMILES string of the molecule is CC(C)C1=C(C#N)C(=C(C#N)C#N)C(=O)C1=O. The van der Waals surface area contributed by atoms with Gasteiger partial charge in [0, 0.05) is 5.57 Å². The summed E-state index contributed by atoms with van der Waals surface area (Å²) in [5.74, 6) is -2.05. The van der Waals surface area contributed by atoms with Gasteiger partial charge in [0.1, 0.15) is 23.8 Å². The lowest BCUT2D eigenvalue weighted by Crippen LogP contribution is -2.13. The van der Waals surface area contributed by atoms with E-state index in [9.17, 15) is 9.59 Å². The Balaban J connectivity index is 3.70. The molecule has 1 aliphatic rings. The summed E-state index contributed by atoms with van der Waals surface area (Å²) in [4.78, 5) is 23.3. The first-order valence-electron chi connectivity index (χ1n) is 4.77. The van der Waals surface area contributed by atoms with Crippen molar-refractivity contribution in [1.29, 1.82) is 15.8 Å². The number of ketones is 2. The molecule has 0 saturated heterocycles. The zero-order valence-electron chi connectivity index (χ0n) is 9.24. The third-order valence-corrected chi connectivity index (χ3v) is 2.36. The Hall–Kier alpha value is -2.71. The van der Waals surface area contributed by atoms with Crippen molar-refractivity contribution in [1.82, 2.24) is 0 Å². The molecule has 0 N–H and O–H groups in total. The van der Waals surface area contributed by atoms with Gasteiger partial charge in [0.15, 0.2) is 0 Å². The predicted molar refractivity (Wildman–Crippen MR) is 55.7 cm³/mol. The van der Waals surface area contributed by atoms with Crippen LogP contribution < -0.4 is 0 Å². The van der Waals surface area contributed by atoms with Crippen LogP contribution in [0.2, 0.25) is 0 Å². The summed E-state index contributed by atoms with van der Waals surface area (Å²) in [6.45, 7) is 3.33. The first-order valence-corrected chi connectivity index (χ1v) is 4.77. The third-order valence-electron chi connectivity index (χ3n) is 2.36. The van der Waals surface area contributed by atoms with E-state index in [1.54, 1.807) is 19.9 Å². The number of carbonyl (C=O) groups is 2. The van der Waals surface area contributed by atoms with Gasteiger partial charge in [-0.15, -0.1) is 0 Å². The summed E-state index contributed by atoms with van der Waals surface area (Å²) in [5.41, 5.74) is -0.912. The highest BCUT2D eigenvalue weighted by Gasteiger charge is 2.39. The van der Waals surface area contributed by atoms with Crippen molar-refractivity contribution < 1.29 is 9.59 Å². The number of Topliss-reactive ketones (excluding diaryl/α,β-unsaturated/α-hetero) is 2. The number of hydrogen-bond donors (Lipinski definition) is 0. The van der Waals surface area contributed by atoms with E-state index in [1.165, 1.54) is 12.1 Å². The molecule has 0 fully saturated rings. The number of allylic oxidation sites excluding steroid dienone is 4. The Morgan fingerprint density at radius 3 is 1.94 bits per heavy atom. The summed E-state index contributed by atoms with van der Waals surface area (Å²) in [6.07, 6.45) is 0. The second-order valence-electron chi connectivity index (χ2n) is 3.69. The summed E-state index contributed by atoms with van der Waals surface area (Å²) >= 11 is 0. The van der Waals surface area contributed by atoms with Gasteiger partial charge in [0.05, 0.1) is 11.1 Å². The van der Waals surface area contributed by atoms with E-state index < -0.39 is 17.1 Å². The van der Waals surface area contributed by atoms with Gasteiger partial charge < -0.3 is 0 Å². The average molecular weight is 225 g/mol. The van der Waals surface area contributed by atoms with Gasteiger partial charge in [-0.1, -0.05) is 13.8 Å². The lowest BCUT2D eigenvalue weighted by atomic mass is 9.98. The van der Waals surface area contributed by atoms with E-state index in [2.05, 4.69) is 0 Å². The van der Waals surface area contributed by atoms with Crippen molar-refractivity contribution in [3.05, 3.63) is 22.3 Å². The van der Waals surface area contributed by atoms with E-state index in [-0.39, 0.29) is 22.6 Å². The van der Waals surface area contributed by atoms with Gasteiger partial charge in [0.25, 0.3) is 0 Å². The Bertz CT molecular complexity index is 585. The molecule has 1 rings (SSSR count). The minimum atomic E-state index is -0.941. The summed E-state index contributed by atoms with van der Waals surface area (Å²) < 4.78 is 0. The minimum absolute atomic E-state index is 0.0792. The quantitative estimate of drug-likeness (QED) is 0.375. The first-order chi connectivity index (χ1) is 7.99. The summed E-state index contributed by atoms with van der Waals surface area (Å²) in [6, 6.07) is 4.79. The molecule has 0 aliphatic heterocycles. The number of carbonyl (C=O) groups excluding carboxylic acids is 2. The zero-order valence-corrected chi connectivity index (χ0v) is 9.24. The molecule has 0 aromatic carbocycles. The molecule has 0 spiro atoms. The molecule has 0 atom stereocenters. The summed E-state index contributed by atoms with van der Waals surface area (Å²) in [7, 11) is 0. The van der Waals surface area contributed by atoms with Crippen LogP contribution in [0.25, 0.3) is 0 Å². The monoisotopic (exact) mass is 225 g/mol. The second kappa shape index (κ2) is 4.43. The van der Waals surface area contributed by atoms with Gasteiger partial charge in [0.2, 0.25) is 11.6 Å². The fraction of sp³-hybridized carbons (Fsp3) is 0.250. The van der Waals surface area contributed by atoms with Crippen molar-refractivity contribution in [2.24, 2.45) is 5.92 Å². The van der Waals surface area contributed by atoms with Crippen LogP contribution in [0, 0.1) is 39.9 Å². The number of nitriles is 3. The Morgan fingerprint density at radius 1 is 1.06 bits per heavy atom. The van der Waals surface area contributed by atoms with Crippen molar-refractivity contribution in [3.63, 3.8) is 0 Å². The lowest BCUT2D eigenvalue weighted by molar-refractivity contribution is -0.131. The number of nitrogens with zero attached hydrogens (tertiary/aromatic N) is 3. The van der Waals surface area contributed by atoms with Crippen LogP contribution in [0.5, 0.6) is 0 Å². The molecule has 82 valence electrons. The average Bonchev–Trinajstić information content (AvgIpc) is 2.55. The fourth-order valence-corrected chi connectivity index (χ4v) is 1.64. The van der Waals surface area contributed by atoms with E-state index in [0.717, 1.165) is 0 Å². The number of rotatable bonds is 1. The van der Waals surface area contributed by atoms with Crippen LogP contribution in [0.15, 0.2) is 22.3 Å². The molecule has 5 heteroatoms. The highest BCUT2D eigenvalue weighted by molar-refractivity contribution is 6.54. The molecule has 1 aliphatic carbocycles. The molecule has 0 aromatic heterocycles. The minimum Gasteiger partial charge on any atom is -0.285 e. The van der Waals surface area contributed by atoms with Crippen LogP contribution in [-0.2, 0) is 9.59 Å². The fourth-order valence-electron chi connectivity index (χ4n) is 1.64. The summed E-state index contributed by atoms with van der Waals surface area (Å²) in [5, 5.41) is 26.4. The molecule has 5 nitrogen and oxygen atoms in total. The Morgan fingerprint density at radius 2 is 1.59 bits per heavy atom. The number of hydrogen-bond acceptors (Lipinski definition) is 5. The first kappa shape index (κ1) is 12.4. The maximum atomic E-state index is 11.7. The predicted octanol–water partition coefficient (Wildman–Crippen LogP) is 0.958. The largest absolute Gasteiger partial charge is 0.285 e. The van der Waals surface area contributed by atoms with Crippen LogP contribution in [-0.4, -0.2) is 11.6 Å². The van der Waals surface area contributed by atoms with Gasteiger partial charge in [-0.2, -0.15) is 15.8 Å². The zero-order chi connectivity index (χ0) is 13.2. The van der Waals surface area contributed by atoms with Crippen LogP contribution in [0.4, 0.5) is 0 Å². The van der Waals surface area contributed by atoms with Crippen molar-refractivity contribution in [3.8, 4) is 18.2 Å². The molecule has 0 aromatic rings. The van der Waals surface area contributed by atoms with Gasteiger partial charge in [-0.3, -0.25) is 9.59 Å². The molecule has 0 bridgehead atoms.